The fourth-order valence-electron chi connectivity index (χ4n) is 2.56. The standard InChI is InChI=1S/C20H23N/c1-3-4-5-11-16-21-20(18-13-7-6-8-14-18)19-15-10-9-12-17(19)2/h1,6-10,12-15,20-21H,4-5,11,16H2,2H3. The largest absolute Gasteiger partial charge is 0.306 e. The molecule has 1 nitrogen and oxygen atoms in total. The van der Waals surface area contributed by atoms with Gasteiger partial charge in [0.25, 0.3) is 0 Å². The van der Waals surface area contributed by atoms with Crippen molar-refractivity contribution in [2.75, 3.05) is 6.54 Å². The number of benzene rings is 2. The van der Waals surface area contributed by atoms with Crippen LogP contribution in [-0.2, 0) is 0 Å². The number of aryl methyl sites for hydroxylation is 1. The summed E-state index contributed by atoms with van der Waals surface area (Å²) in [6, 6.07) is 19.5. The maximum atomic E-state index is 5.30. The summed E-state index contributed by atoms with van der Waals surface area (Å²) in [5.74, 6) is 2.70. The minimum atomic E-state index is 0.248. The second kappa shape index (κ2) is 8.29. The molecule has 2 rings (SSSR count). The Morgan fingerprint density at radius 2 is 1.71 bits per heavy atom. The summed E-state index contributed by atoms with van der Waals surface area (Å²) in [6.45, 7) is 3.15. The summed E-state index contributed by atoms with van der Waals surface area (Å²) in [6.07, 6.45) is 8.36. The van der Waals surface area contributed by atoms with Crippen LogP contribution in [0.25, 0.3) is 0 Å². The molecule has 0 aliphatic rings. The van der Waals surface area contributed by atoms with Gasteiger partial charge >= 0.3 is 0 Å². The molecule has 1 unspecified atom stereocenters. The maximum absolute atomic E-state index is 5.30. The van der Waals surface area contributed by atoms with E-state index in [0.29, 0.717) is 0 Å². The summed E-state index contributed by atoms with van der Waals surface area (Å²) in [4.78, 5) is 0. The Balaban J connectivity index is 2.12. The molecule has 1 atom stereocenters. The predicted molar refractivity (Wildman–Crippen MR) is 90.2 cm³/mol. The summed E-state index contributed by atoms with van der Waals surface area (Å²) >= 11 is 0. The average Bonchev–Trinajstić information content (AvgIpc) is 2.53. The first-order chi connectivity index (χ1) is 10.3. The third kappa shape index (κ3) is 4.48. The molecule has 0 aliphatic heterocycles. The molecular formula is C20H23N. The molecule has 2 aromatic carbocycles. The lowest BCUT2D eigenvalue weighted by atomic mass is 9.95. The van der Waals surface area contributed by atoms with Gasteiger partial charge in [0.15, 0.2) is 0 Å². The quantitative estimate of drug-likeness (QED) is 0.581. The van der Waals surface area contributed by atoms with E-state index < -0.39 is 0 Å². The van der Waals surface area contributed by atoms with Crippen LogP contribution in [-0.4, -0.2) is 6.54 Å². The van der Waals surface area contributed by atoms with Crippen LogP contribution >= 0.6 is 0 Å². The van der Waals surface area contributed by atoms with E-state index in [4.69, 9.17) is 6.42 Å². The fraction of sp³-hybridized carbons (Fsp3) is 0.300. The highest BCUT2D eigenvalue weighted by Crippen LogP contribution is 2.24. The van der Waals surface area contributed by atoms with Gasteiger partial charge in [0.2, 0.25) is 0 Å². The molecule has 2 aromatic rings. The molecule has 0 fully saturated rings. The summed E-state index contributed by atoms with van der Waals surface area (Å²) < 4.78 is 0. The second-order valence-corrected chi connectivity index (χ2v) is 5.32. The van der Waals surface area contributed by atoms with E-state index in [2.05, 4.69) is 72.8 Å². The maximum Gasteiger partial charge on any atom is 0.0579 e. The monoisotopic (exact) mass is 277 g/mol. The van der Waals surface area contributed by atoms with E-state index in [0.717, 1.165) is 25.8 Å². The van der Waals surface area contributed by atoms with E-state index in [1.165, 1.54) is 16.7 Å². The molecule has 0 saturated carbocycles. The van der Waals surface area contributed by atoms with Crippen molar-refractivity contribution < 1.29 is 0 Å². The molecule has 21 heavy (non-hydrogen) atoms. The average molecular weight is 277 g/mol. The first-order valence-electron chi connectivity index (χ1n) is 7.60. The summed E-state index contributed by atoms with van der Waals surface area (Å²) in [5.41, 5.74) is 3.98. The van der Waals surface area contributed by atoms with Crippen molar-refractivity contribution in [2.45, 2.75) is 32.2 Å². The van der Waals surface area contributed by atoms with Crippen molar-refractivity contribution in [2.24, 2.45) is 0 Å². The van der Waals surface area contributed by atoms with Gasteiger partial charge in [-0.15, -0.1) is 12.3 Å². The Bertz CT molecular complexity index is 580. The summed E-state index contributed by atoms with van der Waals surface area (Å²) in [5, 5.41) is 3.68. The van der Waals surface area contributed by atoms with Crippen molar-refractivity contribution in [3.05, 3.63) is 71.3 Å². The van der Waals surface area contributed by atoms with Gasteiger partial charge in [-0.3, -0.25) is 0 Å². The third-order valence-corrected chi connectivity index (χ3v) is 3.73. The molecule has 0 aliphatic carbocycles. The smallest absolute Gasteiger partial charge is 0.0579 e. The van der Waals surface area contributed by atoms with Crippen LogP contribution in [0.15, 0.2) is 54.6 Å². The van der Waals surface area contributed by atoms with Gasteiger partial charge in [-0.25, -0.2) is 0 Å². The number of hydrogen-bond acceptors (Lipinski definition) is 1. The van der Waals surface area contributed by atoms with E-state index in [-0.39, 0.29) is 6.04 Å². The number of hydrogen-bond donors (Lipinski definition) is 1. The summed E-state index contributed by atoms with van der Waals surface area (Å²) in [7, 11) is 0. The molecule has 1 heteroatoms. The minimum Gasteiger partial charge on any atom is -0.306 e. The Morgan fingerprint density at radius 3 is 2.43 bits per heavy atom. The lowest BCUT2D eigenvalue weighted by molar-refractivity contribution is 0.570. The Labute approximate surface area is 128 Å². The molecule has 0 amide bonds. The van der Waals surface area contributed by atoms with Crippen LogP contribution in [0.2, 0.25) is 0 Å². The van der Waals surface area contributed by atoms with Crippen molar-refractivity contribution in [3.8, 4) is 12.3 Å². The van der Waals surface area contributed by atoms with Gasteiger partial charge in [-0.05, 0) is 43.0 Å². The normalized spacial score (nSPS) is 11.8. The topological polar surface area (TPSA) is 12.0 Å². The highest BCUT2D eigenvalue weighted by Gasteiger charge is 2.14. The lowest BCUT2D eigenvalue weighted by Gasteiger charge is -2.21. The van der Waals surface area contributed by atoms with E-state index in [1.807, 2.05) is 0 Å². The van der Waals surface area contributed by atoms with Crippen LogP contribution in [0.5, 0.6) is 0 Å². The van der Waals surface area contributed by atoms with Crippen LogP contribution in [0.4, 0.5) is 0 Å². The van der Waals surface area contributed by atoms with Crippen LogP contribution < -0.4 is 5.32 Å². The molecule has 0 radical (unpaired) electrons. The number of rotatable bonds is 7. The zero-order valence-electron chi connectivity index (χ0n) is 12.7. The van der Waals surface area contributed by atoms with E-state index in [1.54, 1.807) is 0 Å². The van der Waals surface area contributed by atoms with Gasteiger partial charge in [0, 0.05) is 6.42 Å². The molecule has 0 spiro atoms. The Morgan fingerprint density at radius 1 is 1.00 bits per heavy atom. The Hall–Kier alpha value is -2.04. The number of terminal acetylenes is 1. The number of nitrogens with one attached hydrogen (secondary N) is 1. The lowest BCUT2D eigenvalue weighted by Crippen LogP contribution is -2.24. The zero-order valence-corrected chi connectivity index (χ0v) is 12.7. The Kier molecular flexibility index (Phi) is 6.06. The van der Waals surface area contributed by atoms with Crippen molar-refractivity contribution in [3.63, 3.8) is 0 Å². The van der Waals surface area contributed by atoms with Crippen molar-refractivity contribution in [1.82, 2.24) is 5.32 Å². The van der Waals surface area contributed by atoms with Crippen LogP contribution in [0.1, 0.15) is 42.0 Å². The van der Waals surface area contributed by atoms with Crippen molar-refractivity contribution in [1.29, 1.82) is 0 Å². The fourth-order valence-corrected chi connectivity index (χ4v) is 2.56. The van der Waals surface area contributed by atoms with E-state index >= 15 is 0 Å². The zero-order chi connectivity index (χ0) is 14.9. The van der Waals surface area contributed by atoms with Crippen LogP contribution in [0, 0.1) is 19.3 Å². The molecule has 0 saturated heterocycles. The second-order valence-electron chi connectivity index (χ2n) is 5.32. The van der Waals surface area contributed by atoms with Gasteiger partial charge in [-0.1, -0.05) is 54.6 Å². The first-order valence-corrected chi connectivity index (χ1v) is 7.60. The predicted octanol–water partition coefficient (Wildman–Crippen LogP) is 4.48. The SMILES string of the molecule is C#CCCCCNC(c1ccccc1)c1ccccc1C. The molecule has 1 N–H and O–H groups in total. The molecular weight excluding hydrogens is 254 g/mol. The number of unbranched alkanes of at least 4 members (excludes halogenated alkanes) is 2. The van der Waals surface area contributed by atoms with Crippen molar-refractivity contribution >= 4 is 0 Å². The first kappa shape index (κ1) is 15.4. The van der Waals surface area contributed by atoms with E-state index in [9.17, 15) is 0 Å². The highest BCUT2D eigenvalue weighted by atomic mass is 14.9. The molecule has 108 valence electrons. The van der Waals surface area contributed by atoms with Crippen LogP contribution in [0.3, 0.4) is 0 Å². The molecule has 0 bridgehead atoms. The third-order valence-electron chi connectivity index (χ3n) is 3.73. The van der Waals surface area contributed by atoms with Gasteiger partial charge < -0.3 is 5.32 Å². The molecule has 0 aromatic heterocycles. The minimum absolute atomic E-state index is 0.248. The molecule has 0 heterocycles. The van der Waals surface area contributed by atoms with Gasteiger partial charge in [-0.2, -0.15) is 0 Å². The highest BCUT2D eigenvalue weighted by molar-refractivity contribution is 5.36. The van der Waals surface area contributed by atoms with Gasteiger partial charge in [0.1, 0.15) is 0 Å². The van der Waals surface area contributed by atoms with Gasteiger partial charge in [0.05, 0.1) is 6.04 Å².